The fourth-order valence-corrected chi connectivity index (χ4v) is 2.08. The average Bonchev–Trinajstić information content (AvgIpc) is 2.32. The number of aromatic nitrogens is 1. The van der Waals surface area contributed by atoms with Gasteiger partial charge in [0, 0.05) is 12.8 Å². The molecule has 1 aliphatic heterocycles. The lowest BCUT2D eigenvalue weighted by Gasteiger charge is -2.35. The molecule has 1 aliphatic rings. The number of anilines is 2. The first-order valence-electron chi connectivity index (χ1n) is 5.85. The molecule has 0 spiro atoms. The number of carboxylic acid groups (broad SMARTS) is 1. The normalized spacial score (nSPS) is 23.6. The molecule has 2 rings (SSSR count). The highest BCUT2D eigenvalue weighted by Crippen LogP contribution is 2.27. The van der Waals surface area contributed by atoms with Gasteiger partial charge in [-0.1, -0.05) is 0 Å². The van der Waals surface area contributed by atoms with Gasteiger partial charge in [-0.15, -0.1) is 0 Å². The maximum atomic E-state index is 11.0. The van der Waals surface area contributed by atoms with Gasteiger partial charge in [-0.25, -0.2) is 9.78 Å². The number of hydrogen-bond acceptors (Lipinski definition) is 5. The van der Waals surface area contributed by atoms with Crippen LogP contribution in [0.15, 0.2) is 12.3 Å². The minimum absolute atomic E-state index is 0.0628. The predicted octanol–water partition coefficient (Wildman–Crippen LogP) is 1.34. The molecule has 6 nitrogen and oxygen atoms in total. The molecule has 0 radical (unpaired) electrons. The van der Waals surface area contributed by atoms with Crippen LogP contribution in [0.3, 0.4) is 0 Å². The number of nitrogens with two attached hydrogens (primary N) is 1. The first-order valence-corrected chi connectivity index (χ1v) is 5.85. The number of nitrogens with one attached hydrogen (secondary N) is 1. The van der Waals surface area contributed by atoms with Crippen molar-refractivity contribution in [3.63, 3.8) is 0 Å². The van der Waals surface area contributed by atoms with Gasteiger partial charge in [0.1, 0.15) is 0 Å². The topological polar surface area (TPSA) is 97.5 Å². The van der Waals surface area contributed by atoms with Gasteiger partial charge in [0.15, 0.2) is 5.82 Å². The largest absolute Gasteiger partial charge is 0.478 e. The summed E-state index contributed by atoms with van der Waals surface area (Å²) in [5.41, 5.74) is 5.79. The Morgan fingerprint density at radius 1 is 1.67 bits per heavy atom. The molecular weight excluding hydrogens is 234 g/mol. The Labute approximate surface area is 105 Å². The molecule has 1 aromatic heterocycles. The van der Waals surface area contributed by atoms with Crippen LogP contribution in [0.2, 0.25) is 0 Å². The van der Waals surface area contributed by atoms with Crippen molar-refractivity contribution >= 4 is 17.5 Å². The fraction of sp³-hybridized carbons (Fsp3) is 0.500. The Morgan fingerprint density at radius 3 is 3.06 bits per heavy atom. The van der Waals surface area contributed by atoms with Crippen molar-refractivity contribution in [3.8, 4) is 0 Å². The maximum Gasteiger partial charge on any atom is 0.337 e. The fourth-order valence-electron chi connectivity index (χ4n) is 2.08. The molecule has 6 heteroatoms. The van der Waals surface area contributed by atoms with Crippen LogP contribution in [-0.2, 0) is 4.74 Å². The number of rotatable bonds is 3. The third-order valence-corrected chi connectivity index (χ3v) is 3.08. The summed E-state index contributed by atoms with van der Waals surface area (Å²) in [6.45, 7) is 3.33. The number of nitrogen functional groups attached to an aromatic ring is 1. The molecule has 0 amide bonds. The molecule has 0 aromatic carbocycles. The first-order chi connectivity index (χ1) is 8.52. The smallest absolute Gasteiger partial charge is 0.337 e. The Kier molecular flexibility index (Phi) is 3.38. The Morgan fingerprint density at radius 2 is 2.44 bits per heavy atom. The van der Waals surface area contributed by atoms with E-state index in [9.17, 15) is 4.79 Å². The van der Waals surface area contributed by atoms with Gasteiger partial charge in [-0.2, -0.15) is 0 Å². The minimum Gasteiger partial charge on any atom is -0.478 e. The summed E-state index contributed by atoms with van der Waals surface area (Å²) in [7, 11) is 0. The average molecular weight is 251 g/mol. The molecule has 1 atom stereocenters. The molecule has 1 aromatic rings. The quantitative estimate of drug-likeness (QED) is 0.750. The van der Waals surface area contributed by atoms with E-state index in [1.165, 1.54) is 12.3 Å². The van der Waals surface area contributed by atoms with Crippen molar-refractivity contribution < 1.29 is 14.6 Å². The third kappa shape index (κ3) is 2.53. The van der Waals surface area contributed by atoms with Crippen molar-refractivity contribution in [2.24, 2.45) is 0 Å². The Bertz CT molecular complexity index is 456. The predicted molar refractivity (Wildman–Crippen MR) is 67.7 cm³/mol. The summed E-state index contributed by atoms with van der Waals surface area (Å²) in [5, 5.41) is 12.2. The molecule has 1 saturated heterocycles. The van der Waals surface area contributed by atoms with E-state index in [1.807, 2.05) is 6.92 Å². The molecule has 0 bridgehead atoms. The number of nitrogens with zero attached hydrogens (tertiary/aromatic N) is 1. The number of hydrogen-bond donors (Lipinski definition) is 3. The molecule has 1 fully saturated rings. The van der Waals surface area contributed by atoms with E-state index in [0.29, 0.717) is 12.4 Å². The third-order valence-electron chi connectivity index (χ3n) is 3.08. The van der Waals surface area contributed by atoms with Crippen LogP contribution < -0.4 is 11.1 Å². The summed E-state index contributed by atoms with van der Waals surface area (Å²) in [6, 6.07) is 1.39. The molecule has 0 saturated carbocycles. The highest BCUT2D eigenvalue weighted by Gasteiger charge is 2.29. The lowest BCUT2D eigenvalue weighted by Crippen LogP contribution is -2.43. The zero-order valence-electron chi connectivity index (χ0n) is 10.3. The molecule has 4 N–H and O–H groups in total. The number of aromatic carboxylic acids is 1. The van der Waals surface area contributed by atoms with E-state index < -0.39 is 5.97 Å². The van der Waals surface area contributed by atoms with Crippen molar-refractivity contribution in [2.75, 3.05) is 24.3 Å². The Balaban J connectivity index is 2.23. The van der Waals surface area contributed by atoms with E-state index in [4.69, 9.17) is 15.6 Å². The van der Waals surface area contributed by atoms with Crippen LogP contribution in [0.4, 0.5) is 11.5 Å². The highest BCUT2D eigenvalue weighted by molar-refractivity contribution is 5.96. The number of pyridine rings is 1. The van der Waals surface area contributed by atoms with Crippen molar-refractivity contribution in [1.82, 2.24) is 4.98 Å². The second-order valence-electron chi connectivity index (χ2n) is 4.77. The molecule has 98 valence electrons. The van der Waals surface area contributed by atoms with Crippen molar-refractivity contribution in [2.45, 2.75) is 25.3 Å². The monoisotopic (exact) mass is 251 g/mol. The molecular formula is C12H17N3O3. The van der Waals surface area contributed by atoms with E-state index >= 15 is 0 Å². The van der Waals surface area contributed by atoms with Crippen LogP contribution in [0.1, 0.15) is 30.1 Å². The molecule has 18 heavy (non-hydrogen) atoms. The van der Waals surface area contributed by atoms with Crippen LogP contribution in [0.5, 0.6) is 0 Å². The van der Waals surface area contributed by atoms with Gasteiger partial charge < -0.3 is 20.9 Å². The van der Waals surface area contributed by atoms with Crippen LogP contribution >= 0.6 is 0 Å². The summed E-state index contributed by atoms with van der Waals surface area (Å²) >= 11 is 0. The highest BCUT2D eigenvalue weighted by atomic mass is 16.5. The zero-order chi connectivity index (χ0) is 13.2. The van der Waals surface area contributed by atoms with Gasteiger partial charge in [-0.3, -0.25) is 0 Å². The van der Waals surface area contributed by atoms with Gasteiger partial charge in [0.2, 0.25) is 0 Å². The number of ether oxygens (including phenoxy) is 1. The molecule has 0 aliphatic carbocycles. The van der Waals surface area contributed by atoms with E-state index in [1.54, 1.807) is 0 Å². The maximum absolute atomic E-state index is 11.0. The van der Waals surface area contributed by atoms with Crippen LogP contribution in [0.25, 0.3) is 0 Å². The zero-order valence-corrected chi connectivity index (χ0v) is 10.3. The summed E-state index contributed by atoms with van der Waals surface area (Å²) in [6.07, 6.45) is 3.34. The lowest BCUT2D eigenvalue weighted by atomic mass is 9.95. The van der Waals surface area contributed by atoms with Crippen molar-refractivity contribution in [1.29, 1.82) is 0 Å². The van der Waals surface area contributed by atoms with Gasteiger partial charge in [-0.05, 0) is 25.8 Å². The Hall–Kier alpha value is -1.82. The standard InChI is InChI=1S/C12H17N3O3/c1-12(4-2-6-18-7-12)15-10-9(13)8(11(16)17)3-5-14-10/h3,5H,2,4,6-7,13H2,1H3,(H,14,15)(H,16,17). The van der Waals surface area contributed by atoms with Gasteiger partial charge >= 0.3 is 5.97 Å². The molecule has 1 unspecified atom stereocenters. The summed E-state index contributed by atoms with van der Waals surface area (Å²) in [5.74, 6) is -0.647. The van der Waals surface area contributed by atoms with E-state index in [2.05, 4.69) is 10.3 Å². The molecule has 2 heterocycles. The van der Waals surface area contributed by atoms with E-state index in [0.717, 1.165) is 19.4 Å². The van der Waals surface area contributed by atoms with Gasteiger partial charge in [0.05, 0.1) is 23.4 Å². The van der Waals surface area contributed by atoms with Crippen LogP contribution in [0, 0.1) is 0 Å². The second-order valence-corrected chi connectivity index (χ2v) is 4.77. The first kappa shape index (κ1) is 12.6. The van der Waals surface area contributed by atoms with Crippen molar-refractivity contribution in [3.05, 3.63) is 17.8 Å². The van der Waals surface area contributed by atoms with Crippen LogP contribution in [-0.4, -0.2) is 34.8 Å². The summed E-state index contributed by atoms with van der Waals surface area (Å²) < 4.78 is 5.43. The number of carbonyl (C=O) groups is 1. The minimum atomic E-state index is -1.05. The van der Waals surface area contributed by atoms with Gasteiger partial charge in [0.25, 0.3) is 0 Å². The SMILES string of the molecule is CC1(Nc2nccc(C(=O)O)c2N)CCCOC1. The second kappa shape index (κ2) is 4.81. The summed E-state index contributed by atoms with van der Waals surface area (Å²) in [4.78, 5) is 15.1. The van der Waals surface area contributed by atoms with E-state index in [-0.39, 0.29) is 16.8 Å². The lowest BCUT2D eigenvalue weighted by molar-refractivity contribution is 0.0539. The number of carboxylic acids is 1.